The Kier molecular flexibility index (Phi) is 2.17. The van der Waals surface area contributed by atoms with Crippen LogP contribution >= 0.6 is 25.3 Å². The first-order chi connectivity index (χ1) is 4.05. The van der Waals surface area contributed by atoms with Crippen molar-refractivity contribution in [3.8, 4) is 0 Å². The Morgan fingerprint density at radius 2 is 1.44 bits per heavy atom. The molecular formula is C2H2N2S5. The average molecular weight is 214 g/mol. The largest absolute Gasteiger partial charge is 0.163 e. The van der Waals surface area contributed by atoms with E-state index in [2.05, 4.69) is 35.5 Å². The van der Waals surface area contributed by atoms with Crippen molar-refractivity contribution < 1.29 is 0 Å². The second kappa shape index (κ2) is 2.46. The lowest BCUT2D eigenvalue weighted by Gasteiger charge is -1.95. The van der Waals surface area contributed by atoms with Crippen molar-refractivity contribution in [2.45, 2.75) is 0 Å². The van der Waals surface area contributed by atoms with Crippen LogP contribution in [0.5, 0.6) is 0 Å². The van der Waals surface area contributed by atoms with Crippen molar-refractivity contribution in [2.24, 2.45) is 10.2 Å². The highest BCUT2D eigenvalue weighted by Crippen LogP contribution is 2.13. The fourth-order valence-corrected chi connectivity index (χ4v) is 1.96. The molecule has 0 aromatic heterocycles. The monoisotopic (exact) mass is 214 g/mol. The van der Waals surface area contributed by atoms with Gasteiger partial charge in [0.15, 0.2) is 8.75 Å². The Morgan fingerprint density at radius 3 is 1.56 bits per heavy atom. The quantitative estimate of drug-likeness (QED) is 0.576. The Hall–Kier alpha value is 0.830. The lowest BCUT2D eigenvalue weighted by Crippen LogP contribution is -2.07. The van der Waals surface area contributed by atoms with Gasteiger partial charge in [0, 0.05) is 7.15 Å². The van der Waals surface area contributed by atoms with E-state index in [1.165, 1.54) is 0 Å². The number of hydrogen-bond acceptors (Lipinski definition) is 4. The minimum Gasteiger partial charge on any atom is -0.134 e. The zero-order valence-electron chi connectivity index (χ0n) is 4.01. The molecule has 0 unspecified atom stereocenters. The smallest absolute Gasteiger partial charge is 0.134 e. The second-order valence-corrected chi connectivity index (χ2v) is 8.13. The Bertz CT molecular complexity index is 258. The zero-order chi connectivity index (χ0) is 7.07. The molecule has 0 fully saturated rings. The summed E-state index contributed by atoms with van der Waals surface area (Å²) in [7, 11) is -1.81. The molecule has 50 valence electrons. The van der Waals surface area contributed by atoms with Crippen molar-refractivity contribution in [1.82, 2.24) is 0 Å². The summed E-state index contributed by atoms with van der Waals surface area (Å²) in [6.07, 6.45) is 0. The summed E-state index contributed by atoms with van der Waals surface area (Å²) >= 11 is 17.8. The van der Waals surface area contributed by atoms with Crippen LogP contribution in [0.15, 0.2) is 10.2 Å². The van der Waals surface area contributed by atoms with Crippen LogP contribution in [0, 0.1) is 0 Å². The van der Waals surface area contributed by atoms with E-state index < -0.39 is 7.15 Å². The minimum absolute atomic E-state index is 0.442. The van der Waals surface area contributed by atoms with Crippen LogP contribution in [-0.4, -0.2) is 8.75 Å². The summed E-state index contributed by atoms with van der Waals surface area (Å²) in [5.74, 6) is 0. The molecule has 1 rings (SSSR count). The SMILES string of the molecule is S=S1(=S)C(S)=NN=C1S. The van der Waals surface area contributed by atoms with Gasteiger partial charge in [0.2, 0.25) is 0 Å². The van der Waals surface area contributed by atoms with Crippen molar-refractivity contribution in [2.75, 3.05) is 0 Å². The molecule has 0 aromatic rings. The van der Waals surface area contributed by atoms with Crippen molar-refractivity contribution in [1.29, 1.82) is 0 Å². The van der Waals surface area contributed by atoms with Gasteiger partial charge in [0.1, 0.15) is 0 Å². The molecule has 0 spiro atoms. The summed E-state index contributed by atoms with van der Waals surface area (Å²) in [6.45, 7) is 0. The molecule has 1 aliphatic rings. The molecule has 0 saturated heterocycles. The van der Waals surface area contributed by atoms with Gasteiger partial charge in [-0.1, -0.05) is 0 Å². The van der Waals surface area contributed by atoms with E-state index in [0.29, 0.717) is 8.75 Å². The summed E-state index contributed by atoms with van der Waals surface area (Å²) in [5.41, 5.74) is 0. The van der Waals surface area contributed by atoms with Crippen LogP contribution in [-0.2, 0) is 29.5 Å². The van der Waals surface area contributed by atoms with Gasteiger partial charge < -0.3 is 0 Å². The van der Waals surface area contributed by atoms with Crippen LogP contribution < -0.4 is 0 Å². The number of rotatable bonds is 0. The van der Waals surface area contributed by atoms with E-state index in [4.69, 9.17) is 22.4 Å². The lowest BCUT2D eigenvalue weighted by atomic mass is 11.6. The van der Waals surface area contributed by atoms with E-state index in [-0.39, 0.29) is 0 Å². The first-order valence-corrected chi connectivity index (χ1v) is 6.21. The first kappa shape index (κ1) is 7.93. The molecule has 0 bridgehead atoms. The van der Waals surface area contributed by atoms with Gasteiger partial charge in [0.05, 0.1) is 0 Å². The summed E-state index contributed by atoms with van der Waals surface area (Å²) in [4.78, 5) is 0. The molecule has 0 N–H and O–H groups in total. The zero-order valence-corrected chi connectivity index (χ0v) is 8.25. The molecule has 0 atom stereocenters. The van der Waals surface area contributed by atoms with Gasteiger partial charge in [-0.3, -0.25) is 0 Å². The van der Waals surface area contributed by atoms with Gasteiger partial charge in [-0.05, 0) is 22.4 Å². The number of thiol groups is 2. The Balaban J connectivity index is 3.29. The third-order valence-electron chi connectivity index (χ3n) is 0.702. The van der Waals surface area contributed by atoms with Crippen LogP contribution in [0.1, 0.15) is 0 Å². The Labute approximate surface area is 73.4 Å². The fraction of sp³-hybridized carbons (Fsp3) is 0. The normalized spacial score (nSPS) is 23.3. The molecular weight excluding hydrogens is 212 g/mol. The lowest BCUT2D eigenvalue weighted by molar-refractivity contribution is 1.29. The summed E-state index contributed by atoms with van der Waals surface area (Å²) in [6, 6.07) is 0. The van der Waals surface area contributed by atoms with Crippen molar-refractivity contribution in [3.63, 3.8) is 0 Å². The molecule has 9 heavy (non-hydrogen) atoms. The van der Waals surface area contributed by atoms with E-state index in [9.17, 15) is 0 Å². The number of nitrogens with zero attached hydrogens (tertiary/aromatic N) is 2. The minimum atomic E-state index is -1.81. The first-order valence-electron chi connectivity index (χ1n) is 1.84. The summed E-state index contributed by atoms with van der Waals surface area (Å²) < 4.78 is 0.884. The van der Waals surface area contributed by atoms with Crippen LogP contribution in [0.4, 0.5) is 0 Å². The molecule has 0 radical (unpaired) electrons. The topological polar surface area (TPSA) is 24.7 Å². The highest BCUT2D eigenvalue weighted by Gasteiger charge is 2.17. The standard InChI is InChI=1S/C2H2N2S5/c5-1-3-4-2(6)9(1,7)8/h(H,3,5)(H,4,6). The molecule has 2 nitrogen and oxygen atoms in total. The van der Waals surface area contributed by atoms with Crippen molar-refractivity contribution >= 4 is 63.5 Å². The second-order valence-electron chi connectivity index (χ2n) is 1.27. The molecule has 0 aromatic carbocycles. The van der Waals surface area contributed by atoms with E-state index >= 15 is 0 Å². The maximum Gasteiger partial charge on any atom is 0.163 e. The predicted molar refractivity (Wildman–Crippen MR) is 54.9 cm³/mol. The third-order valence-corrected chi connectivity index (χ3v) is 7.03. The molecule has 0 aliphatic carbocycles. The fourth-order valence-electron chi connectivity index (χ4n) is 0.275. The van der Waals surface area contributed by atoms with Crippen LogP contribution in [0.3, 0.4) is 0 Å². The molecule has 7 heteroatoms. The van der Waals surface area contributed by atoms with E-state index in [1.807, 2.05) is 0 Å². The van der Waals surface area contributed by atoms with Crippen LogP contribution in [0.2, 0.25) is 0 Å². The average Bonchev–Trinajstić information content (AvgIpc) is 1.96. The van der Waals surface area contributed by atoms with Crippen molar-refractivity contribution in [3.05, 3.63) is 0 Å². The predicted octanol–water partition coefficient (Wildman–Crippen LogP) is 0.564. The van der Waals surface area contributed by atoms with Gasteiger partial charge in [-0.25, -0.2) is 0 Å². The highest BCUT2D eigenvalue weighted by molar-refractivity contribution is 8.78. The molecule has 0 saturated carbocycles. The van der Waals surface area contributed by atoms with Gasteiger partial charge >= 0.3 is 0 Å². The van der Waals surface area contributed by atoms with Crippen LogP contribution in [0.25, 0.3) is 0 Å². The van der Waals surface area contributed by atoms with Gasteiger partial charge in [-0.15, -0.1) is 35.5 Å². The Morgan fingerprint density at radius 1 is 1.11 bits per heavy atom. The molecule has 0 amide bonds. The molecule has 1 heterocycles. The van der Waals surface area contributed by atoms with E-state index in [1.54, 1.807) is 0 Å². The van der Waals surface area contributed by atoms with E-state index in [0.717, 1.165) is 0 Å². The maximum atomic E-state index is 4.94. The summed E-state index contributed by atoms with van der Waals surface area (Å²) in [5, 5.41) is 7.18. The third kappa shape index (κ3) is 1.30. The number of hydrogen-bond donors (Lipinski definition) is 2. The highest BCUT2D eigenvalue weighted by atomic mass is 33.1. The molecule has 1 aliphatic heterocycles. The van der Waals surface area contributed by atoms with Gasteiger partial charge in [-0.2, -0.15) is 0 Å². The maximum absolute atomic E-state index is 4.94. The van der Waals surface area contributed by atoms with Gasteiger partial charge in [0.25, 0.3) is 0 Å².